The average molecular weight is 379 g/mol. The van der Waals surface area contributed by atoms with Gasteiger partial charge in [0.1, 0.15) is 0 Å². The van der Waals surface area contributed by atoms with Gasteiger partial charge in [-0.15, -0.1) is 10.2 Å². The van der Waals surface area contributed by atoms with Gasteiger partial charge in [-0.1, -0.05) is 6.07 Å². The molecular weight excluding hydrogens is 354 g/mol. The zero-order chi connectivity index (χ0) is 18.6. The van der Waals surface area contributed by atoms with E-state index in [0.29, 0.717) is 31.5 Å². The summed E-state index contributed by atoms with van der Waals surface area (Å²) < 4.78 is 26.6. The molecule has 1 aliphatic rings. The normalized spacial score (nSPS) is 17.5. The number of nitrogens with one attached hydrogen (secondary N) is 2. The van der Waals surface area contributed by atoms with Crippen LogP contribution in [0.25, 0.3) is 5.65 Å². The Morgan fingerprint density at radius 2 is 2.04 bits per heavy atom. The van der Waals surface area contributed by atoms with Crippen molar-refractivity contribution in [2.45, 2.75) is 19.4 Å². The lowest BCUT2D eigenvalue weighted by atomic mass is 9.98. The Hall–Kier alpha value is -2.20. The summed E-state index contributed by atoms with van der Waals surface area (Å²) in [7, 11) is -1.35. The zero-order valence-electron chi connectivity index (χ0n) is 15.1. The average Bonchev–Trinajstić information content (AvgIpc) is 3.05. The van der Waals surface area contributed by atoms with E-state index in [4.69, 9.17) is 0 Å². The molecule has 3 heterocycles. The van der Waals surface area contributed by atoms with E-state index in [2.05, 4.69) is 25.8 Å². The molecule has 1 aliphatic heterocycles. The molecule has 0 radical (unpaired) electrons. The summed E-state index contributed by atoms with van der Waals surface area (Å²) in [6.45, 7) is 2.45. The van der Waals surface area contributed by atoms with Crippen LogP contribution in [0.15, 0.2) is 29.4 Å². The molecule has 142 valence electrons. The number of fused-ring (bicyclic) bond motifs is 1. The summed E-state index contributed by atoms with van der Waals surface area (Å²) in [6, 6.07) is 5.78. The van der Waals surface area contributed by atoms with Crippen LogP contribution in [-0.4, -0.2) is 66.2 Å². The lowest BCUT2D eigenvalue weighted by molar-refractivity contribution is 0.275. The van der Waals surface area contributed by atoms with Crippen molar-refractivity contribution >= 4 is 21.6 Å². The summed E-state index contributed by atoms with van der Waals surface area (Å²) in [5.74, 6) is 1.94. The van der Waals surface area contributed by atoms with Crippen molar-refractivity contribution in [3.05, 3.63) is 30.2 Å². The van der Waals surface area contributed by atoms with Gasteiger partial charge in [0.05, 0.1) is 12.8 Å². The Labute approximate surface area is 153 Å². The first-order valence-electron chi connectivity index (χ1n) is 8.65. The first kappa shape index (κ1) is 18.6. The van der Waals surface area contributed by atoms with Crippen molar-refractivity contribution in [1.82, 2.24) is 29.5 Å². The summed E-state index contributed by atoms with van der Waals surface area (Å²) in [4.78, 5) is 4.24. The van der Waals surface area contributed by atoms with E-state index in [1.54, 1.807) is 11.4 Å². The first-order chi connectivity index (χ1) is 12.5. The molecular formula is C16H25N7O2S. The predicted octanol–water partition coefficient (Wildman–Crippen LogP) is 0.0659. The standard InChI is InChI=1S/C16H25N7O2S/c1-17-16(18-11-13-6-9-22(10-7-13)26(2,24)25)19-12-15-21-20-14-5-3-4-8-23(14)15/h3-5,8,13H,6-7,9-12H2,1-2H3,(H2,17,18,19). The number of aromatic nitrogens is 3. The number of nitrogens with zero attached hydrogens (tertiary/aromatic N) is 5. The highest BCUT2D eigenvalue weighted by Gasteiger charge is 2.24. The van der Waals surface area contributed by atoms with Gasteiger partial charge in [-0.25, -0.2) is 12.7 Å². The Kier molecular flexibility index (Phi) is 5.72. The van der Waals surface area contributed by atoms with Crippen LogP contribution in [-0.2, 0) is 16.6 Å². The summed E-state index contributed by atoms with van der Waals surface area (Å²) in [5.41, 5.74) is 0.810. The molecule has 0 aromatic carbocycles. The summed E-state index contributed by atoms with van der Waals surface area (Å²) >= 11 is 0. The predicted molar refractivity (Wildman–Crippen MR) is 100 cm³/mol. The van der Waals surface area contributed by atoms with Crippen molar-refractivity contribution < 1.29 is 8.42 Å². The number of hydrogen-bond acceptors (Lipinski definition) is 5. The molecule has 10 heteroatoms. The maximum absolute atomic E-state index is 11.6. The molecule has 2 N–H and O–H groups in total. The Balaban J connectivity index is 1.47. The van der Waals surface area contributed by atoms with Gasteiger partial charge in [-0.2, -0.15) is 0 Å². The molecule has 0 saturated carbocycles. The molecule has 2 aromatic rings. The van der Waals surface area contributed by atoms with Crippen LogP contribution in [0.1, 0.15) is 18.7 Å². The second-order valence-electron chi connectivity index (χ2n) is 6.46. The maximum Gasteiger partial charge on any atom is 0.211 e. The molecule has 0 atom stereocenters. The van der Waals surface area contributed by atoms with Crippen LogP contribution in [0.5, 0.6) is 0 Å². The van der Waals surface area contributed by atoms with Gasteiger partial charge in [0.25, 0.3) is 0 Å². The number of hydrogen-bond donors (Lipinski definition) is 2. The van der Waals surface area contributed by atoms with E-state index in [9.17, 15) is 8.42 Å². The molecule has 0 aliphatic carbocycles. The highest BCUT2D eigenvalue weighted by molar-refractivity contribution is 7.88. The third-order valence-electron chi connectivity index (χ3n) is 4.62. The lowest BCUT2D eigenvalue weighted by Crippen LogP contribution is -2.43. The molecule has 3 rings (SSSR count). The van der Waals surface area contributed by atoms with Crippen LogP contribution >= 0.6 is 0 Å². The third-order valence-corrected chi connectivity index (χ3v) is 5.93. The van der Waals surface area contributed by atoms with E-state index in [1.165, 1.54) is 6.26 Å². The van der Waals surface area contributed by atoms with Gasteiger partial charge in [-0.3, -0.25) is 9.39 Å². The number of sulfonamides is 1. The van der Waals surface area contributed by atoms with E-state index >= 15 is 0 Å². The molecule has 1 fully saturated rings. The van der Waals surface area contributed by atoms with Crippen LogP contribution in [0.2, 0.25) is 0 Å². The molecule has 0 bridgehead atoms. The fourth-order valence-corrected chi connectivity index (χ4v) is 3.96. The van der Waals surface area contributed by atoms with Crippen LogP contribution in [0.4, 0.5) is 0 Å². The van der Waals surface area contributed by atoms with E-state index in [1.807, 2.05) is 28.8 Å². The number of piperidine rings is 1. The first-order valence-corrected chi connectivity index (χ1v) is 10.5. The van der Waals surface area contributed by atoms with Crippen molar-refractivity contribution in [1.29, 1.82) is 0 Å². The number of pyridine rings is 1. The Morgan fingerprint density at radius 3 is 2.73 bits per heavy atom. The highest BCUT2D eigenvalue weighted by Crippen LogP contribution is 2.18. The van der Waals surface area contributed by atoms with Gasteiger partial charge in [0, 0.05) is 32.9 Å². The van der Waals surface area contributed by atoms with Crippen molar-refractivity contribution in [2.75, 3.05) is 32.9 Å². The molecule has 9 nitrogen and oxygen atoms in total. The fourth-order valence-electron chi connectivity index (χ4n) is 3.08. The number of aliphatic imine (C=N–C) groups is 1. The molecule has 1 saturated heterocycles. The Morgan fingerprint density at radius 1 is 1.27 bits per heavy atom. The zero-order valence-corrected chi connectivity index (χ0v) is 15.9. The number of rotatable bonds is 5. The topological polar surface area (TPSA) is 104 Å². The minimum absolute atomic E-state index is 0.431. The molecule has 2 aromatic heterocycles. The number of guanidine groups is 1. The third kappa shape index (κ3) is 4.50. The quantitative estimate of drug-likeness (QED) is 0.563. The second-order valence-corrected chi connectivity index (χ2v) is 8.44. The van der Waals surface area contributed by atoms with E-state index < -0.39 is 10.0 Å². The summed E-state index contributed by atoms with van der Waals surface area (Å²) in [5, 5.41) is 14.9. The lowest BCUT2D eigenvalue weighted by Gasteiger charge is -2.30. The monoisotopic (exact) mass is 379 g/mol. The van der Waals surface area contributed by atoms with Crippen LogP contribution in [0, 0.1) is 5.92 Å². The minimum atomic E-state index is -3.08. The highest BCUT2D eigenvalue weighted by atomic mass is 32.2. The van der Waals surface area contributed by atoms with Crippen molar-refractivity contribution in [2.24, 2.45) is 10.9 Å². The van der Waals surface area contributed by atoms with Gasteiger partial charge < -0.3 is 10.6 Å². The molecule has 0 spiro atoms. The maximum atomic E-state index is 11.6. The second kappa shape index (κ2) is 8.00. The van der Waals surface area contributed by atoms with Gasteiger partial charge in [0.2, 0.25) is 10.0 Å². The van der Waals surface area contributed by atoms with E-state index in [0.717, 1.165) is 30.9 Å². The fraction of sp³-hybridized carbons (Fsp3) is 0.562. The largest absolute Gasteiger partial charge is 0.356 e. The van der Waals surface area contributed by atoms with Gasteiger partial charge in [0.15, 0.2) is 17.4 Å². The SMILES string of the molecule is CN=C(NCc1nnc2ccccn12)NCC1CCN(S(C)(=O)=O)CC1. The molecule has 0 unspecified atom stereocenters. The minimum Gasteiger partial charge on any atom is -0.356 e. The van der Waals surface area contributed by atoms with Crippen molar-refractivity contribution in [3.8, 4) is 0 Å². The van der Waals surface area contributed by atoms with E-state index in [-0.39, 0.29) is 0 Å². The van der Waals surface area contributed by atoms with Crippen molar-refractivity contribution in [3.63, 3.8) is 0 Å². The smallest absolute Gasteiger partial charge is 0.211 e. The van der Waals surface area contributed by atoms with Crippen LogP contribution in [0.3, 0.4) is 0 Å². The van der Waals surface area contributed by atoms with Gasteiger partial charge >= 0.3 is 0 Å². The summed E-state index contributed by atoms with van der Waals surface area (Å²) in [6.07, 6.45) is 4.90. The van der Waals surface area contributed by atoms with Crippen LogP contribution < -0.4 is 10.6 Å². The molecule has 0 amide bonds. The molecule has 26 heavy (non-hydrogen) atoms. The Bertz CT molecular complexity index is 870. The van der Waals surface area contributed by atoms with Gasteiger partial charge in [-0.05, 0) is 30.9 Å².